The van der Waals surface area contributed by atoms with Crippen LogP contribution in [0.5, 0.6) is 0 Å². The molecule has 0 spiro atoms. The maximum atomic E-state index is 10.9. The van der Waals surface area contributed by atoms with Crippen LogP contribution in [0.4, 0.5) is 0 Å². The Morgan fingerprint density at radius 3 is 2.00 bits per heavy atom. The molecule has 0 unspecified atom stereocenters. The van der Waals surface area contributed by atoms with E-state index in [0.29, 0.717) is 0 Å². The molecule has 0 aliphatic carbocycles. The minimum atomic E-state index is -0.924. The van der Waals surface area contributed by atoms with Crippen LogP contribution in [0.15, 0.2) is 0 Å². The first kappa shape index (κ1) is 10.4. The van der Waals surface area contributed by atoms with Crippen LogP contribution in [0.25, 0.3) is 0 Å². The van der Waals surface area contributed by atoms with Gasteiger partial charge in [-0.2, -0.15) is 0 Å². The molecular formula is C7H14O4. The van der Waals surface area contributed by atoms with Crippen molar-refractivity contribution in [2.45, 2.75) is 26.9 Å². The summed E-state index contributed by atoms with van der Waals surface area (Å²) < 4.78 is 4.41. The van der Waals surface area contributed by atoms with E-state index in [1.807, 2.05) is 0 Å². The Hall–Kier alpha value is -0.610. The highest BCUT2D eigenvalue weighted by molar-refractivity contribution is 5.75. The zero-order valence-corrected chi connectivity index (χ0v) is 7.25. The van der Waals surface area contributed by atoms with Gasteiger partial charge in [0.15, 0.2) is 6.10 Å². The third-order valence-corrected chi connectivity index (χ3v) is 1.31. The molecular weight excluding hydrogens is 148 g/mol. The van der Waals surface area contributed by atoms with Gasteiger partial charge in [-0.05, 0) is 0 Å². The van der Waals surface area contributed by atoms with Gasteiger partial charge in [0, 0.05) is 5.41 Å². The van der Waals surface area contributed by atoms with E-state index in [2.05, 4.69) is 9.62 Å². The van der Waals surface area contributed by atoms with E-state index < -0.39 is 17.5 Å². The summed E-state index contributed by atoms with van der Waals surface area (Å²) in [5.41, 5.74) is -0.457. The topological polar surface area (TPSA) is 55.8 Å². The van der Waals surface area contributed by atoms with Gasteiger partial charge >= 0.3 is 5.97 Å². The molecule has 11 heavy (non-hydrogen) atoms. The molecule has 0 saturated carbocycles. The minimum Gasteiger partial charge on any atom is -0.467 e. The SMILES string of the molecule is COC(=O)[C@H](OO)C(C)(C)C. The first-order valence-electron chi connectivity index (χ1n) is 3.31. The Labute approximate surface area is 66.0 Å². The summed E-state index contributed by atoms with van der Waals surface area (Å²) >= 11 is 0. The molecule has 4 heteroatoms. The van der Waals surface area contributed by atoms with Gasteiger partial charge in [0.05, 0.1) is 7.11 Å². The number of ether oxygens (including phenoxy) is 1. The molecule has 0 aliphatic rings. The lowest BCUT2D eigenvalue weighted by molar-refractivity contribution is -0.295. The van der Waals surface area contributed by atoms with Crippen molar-refractivity contribution in [1.29, 1.82) is 0 Å². The van der Waals surface area contributed by atoms with Crippen LogP contribution in [0.2, 0.25) is 0 Å². The number of esters is 1. The quantitative estimate of drug-likeness (QED) is 0.375. The fourth-order valence-electron chi connectivity index (χ4n) is 0.662. The van der Waals surface area contributed by atoms with Crippen molar-refractivity contribution in [2.75, 3.05) is 7.11 Å². The second-order valence-corrected chi connectivity index (χ2v) is 3.37. The fraction of sp³-hybridized carbons (Fsp3) is 0.857. The molecule has 4 nitrogen and oxygen atoms in total. The van der Waals surface area contributed by atoms with Gasteiger partial charge in [0.1, 0.15) is 0 Å². The highest BCUT2D eigenvalue weighted by atomic mass is 17.1. The van der Waals surface area contributed by atoms with Gasteiger partial charge in [-0.3, -0.25) is 5.26 Å². The van der Waals surface area contributed by atoms with Crippen molar-refractivity contribution >= 4 is 5.97 Å². The monoisotopic (exact) mass is 162 g/mol. The highest BCUT2D eigenvalue weighted by Gasteiger charge is 2.33. The van der Waals surface area contributed by atoms with Gasteiger partial charge < -0.3 is 4.74 Å². The molecule has 0 heterocycles. The first-order valence-corrected chi connectivity index (χ1v) is 3.31. The molecule has 0 bridgehead atoms. The number of carbonyl (C=O) groups is 1. The van der Waals surface area contributed by atoms with Crippen LogP contribution < -0.4 is 0 Å². The van der Waals surface area contributed by atoms with E-state index in [9.17, 15) is 4.79 Å². The summed E-state index contributed by atoms with van der Waals surface area (Å²) in [5, 5.41) is 8.36. The molecule has 0 amide bonds. The third-order valence-electron chi connectivity index (χ3n) is 1.31. The van der Waals surface area contributed by atoms with Crippen LogP contribution in [0.1, 0.15) is 20.8 Å². The summed E-state index contributed by atoms with van der Waals surface area (Å²) in [7, 11) is 1.25. The van der Waals surface area contributed by atoms with E-state index in [-0.39, 0.29) is 0 Å². The molecule has 66 valence electrons. The maximum Gasteiger partial charge on any atom is 0.338 e. The van der Waals surface area contributed by atoms with Gasteiger partial charge in [-0.25, -0.2) is 9.68 Å². The van der Waals surface area contributed by atoms with E-state index in [4.69, 9.17) is 5.26 Å². The second kappa shape index (κ2) is 3.69. The molecule has 1 atom stereocenters. The Morgan fingerprint density at radius 2 is 1.91 bits per heavy atom. The van der Waals surface area contributed by atoms with Crippen molar-refractivity contribution < 1.29 is 19.7 Å². The van der Waals surface area contributed by atoms with E-state index >= 15 is 0 Å². The number of rotatable bonds is 2. The smallest absolute Gasteiger partial charge is 0.338 e. The zero-order valence-electron chi connectivity index (χ0n) is 7.25. The lowest BCUT2D eigenvalue weighted by Gasteiger charge is -2.24. The molecule has 0 aromatic rings. The number of methoxy groups -OCH3 is 1. The first-order chi connectivity index (χ1) is 4.93. The Balaban J connectivity index is 4.29. The molecule has 0 fully saturated rings. The largest absolute Gasteiger partial charge is 0.467 e. The van der Waals surface area contributed by atoms with Crippen molar-refractivity contribution in [3.05, 3.63) is 0 Å². The Kier molecular flexibility index (Phi) is 3.48. The normalized spacial score (nSPS) is 14.3. The molecule has 0 aliphatic heterocycles. The zero-order chi connectivity index (χ0) is 9.07. The maximum absolute atomic E-state index is 10.9. The average Bonchev–Trinajstić information content (AvgIpc) is 1.86. The fourth-order valence-corrected chi connectivity index (χ4v) is 0.662. The molecule has 1 N–H and O–H groups in total. The van der Waals surface area contributed by atoms with Crippen molar-refractivity contribution in [3.8, 4) is 0 Å². The highest BCUT2D eigenvalue weighted by Crippen LogP contribution is 2.22. The van der Waals surface area contributed by atoms with Crippen molar-refractivity contribution in [1.82, 2.24) is 0 Å². The molecule has 0 aromatic heterocycles. The van der Waals surface area contributed by atoms with Gasteiger partial charge in [-0.1, -0.05) is 20.8 Å². The standard InChI is InChI=1S/C7H14O4/c1-7(2,3)5(11-9)6(8)10-4/h5,9H,1-4H3/t5-/m0/s1. The Bertz CT molecular complexity index is 136. The van der Waals surface area contributed by atoms with Gasteiger partial charge in [0.2, 0.25) is 0 Å². The summed E-state index contributed by atoms with van der Waals surface area (Å²) in [6, 6.07) is 0. The van der Waals surface area contributed by atoms with Crippen LogP contribution in [-0.4, -0.2) is 24.4 Å². The molecule has 0 radical (unpaired) electrons. The molecule has 0 saturated heterocycles. The third kappa shape index (κ3) is 2.86. The predicted octanol–water partition coefficient (Wildman–Crippen LogP) is 1.06. The summed E-state index contributed by atoms with van der Waals surface area (Å²) in [6.07, 6.45) is -0.924. The van der Waals surface area contributed by atoms with Crippen molar-refractivity contribution in [3.63, 3.8) is 0 Å². The van der Waals surface area contributed by atoms with E-state index in [0.717, 1.165) is 0 Å². The van der Waals surface area contributed by atoms with Crippen LogP contribution in [-0.2, 0) is 14.4 Å². The Morgan fingerprint density at radius 1 is 1.45 bits per heavy atom. The van der Waals surface area contributed by atoms with Crippen molar-refractivity contribution in [2.24, 2.45) is 5.41 Å². The summed E-state index contributed by atoms with van der Waals surface area (Å²) in [5.74, 6) is -0.569. The molecule has 0 aromatic carbocycles. The van der Waals surface area contributed by atoms with Gasteiger partial charge in [-0.15, -0.1) is 0 Å². The van der Waals surface area contributed by atoms with Crippen LogP contribution >= 0.6 is 0 Å². The second-order valence-electron chi connectivity index (χ2n) is 3.37. The summed E-state index contributed by atoms with van der Waals surface area (Å²) in [6.45, 7) is 5.31. The van der Waals surface area contributed by atoms with Crippen LogP contribution in [0.3, 0.4) is 0 Å². The number of hydrogen-bond donors (Lipinski definition) is 1. The van der Waals surface area contributed by atoms with Gasteiger partial charge in [0.25, 0.3) is 0 Å². The predicted molar refractivity (Wildman–Crippen MR) is 39.0 cm³/mol. The van der Waals surface area contributed by atoms with Crippen LogP contribution in [0, 0.1) is 5.41 Å². The van der Waals surface area contributed by atoms with E-state index in [1.54, 1.807) is 20.8 Å². The van der Waals surface area contributed by atoms with E-state index in [1.165, 1.54) is 7.11 Å². The molecule has 0 rings (SSSR count). The number of carbonyl (C=O) groups excluding carboxylic acids is 1. The average molecular weight is 162 g/mol. The lowest BCUT2D eigenvalue weighted by atomic mass is 9.89. The number of hydrogen-bond acceptors (Lipinski definition) is 4. The lowest BCUT2D eigenvalue weighted by Crippen LogP contribution is -2.37. The summed E-state index contributed by atoms with van der Waals surface area (Å²) in [4.78, 5) is 14.9. The minimum absolute atomic E-state index is 0.457.